The van der Waals surface area contributed by atoms with E-state index in [1.165, 1.54) is 17.0 Å². The van der Waals surface area contributed by atoms with Crippen molar-refractivity contribution < 1.29 is 18.8 Å². The van der Waals surface area contributed by atoms with Gasteiger partial charge in [-0.1, -0.05) is 38.8 Å². The van der Waals surface area contributed by atoms with Gasteiger partial charge in [0.05, 0.1) is 0 Å². The summed E-state index contributed by atoms with van der Waals surface area (Å²) >= 11 is 0. The van der Waals surface area contributed by atoms with Gasteiger partial charge >= 0.3 is 6.03 Å². The van der Waals surface area contributed by atoms with Crippen LogP contribution >= 0.6 is 0 Å². The van der Waals surface area contributed by atoms with E-state index in [2.05, 4.69) is 5.32 Å². The maximum absolute atomic E-state index is 13.3. The van der Waals surface area contributed by atoms with Crippen LogP contribution < -0.4 is 5.32 Å². The molecule has 1 aromatic carbocycles. The molecular formula is C19H26FN3O3. The topological polar surface area (TPSA) is 69.7 Å². The molecule has 7 heteroatoms. The molecule has 26 heavy (non-hydrogen) atoms. The van der Waals surface area contributed by atoms with Crippen molar-refractivity contribution >= 4 is 17.8 Å². The number of hydrogen-bond acceptors (Lipinski definition) is 3. The van der Waals surface area contributed by atoms with Crippen LogP contribution in [-0.4, -0.2) is 46.8 Å². The minimum absolute atomic E-state index is 0.204. The van der Waals surface area contributed by atoms with Gasteiger partial charge in [-0.15, -0.1) is 0 Å². The second-order valence-electron chi connectivity index (χ2n) is 6.78. The molecule has 0 atom stereocenters. The number of carbonyl (C=O) groups is 3. The maximum Gasteiger partial charge on any atom is 0.325 e. The third-order valence-electron chi connectivity index (χ3n) is 4.63. The van der Waals surface area contributed by atoms with E-state index in [-0.39, 0.29) is 30.7 Å². The standard InChI is InChI=1S/C19H26FN3O3/c1-4-9-19(10-5-2)17(25)23(18(26)21-19)13-16(24)22(3)12-14-7-6-8-15(20)11-14/h6-8,11H,4-5,9-10,12-13H2,1-3H3,(H,21,26). The number of benzene rings is 1. The SMILES string of the molecule is CCCC1(CCC)NC(=O)N(CC(=O)N(C)Cc2cccc(F)c2)C1=O. The largest absolute Gasteiger partial charge is 0.340 e. The average Bonchev–Trinajstić information content (AvgIpc) is 2.80. The Morgan fingerprint density at radius 3 is 2.46 bits per heavy atom. The molecule has 0 aromatic heterocycles. The number of nitrogens with zero attached hydrogens (tertiary/aromatic N) is 2. The summed E-state index contributed by atoms with van der Waals surface area (Å²) < 4.78 is 13.3. The van der Waals surface area contributed by atoms with Gasteiger partial charge in [0.1, 0.15) is 17.9 Å². The zero-order valence-electron chi connectivity index (χ0n) is 15.5. The van der Waals surface area contributed by atoms with Gasteiger partial charge in [-0.2, -0.15) is 0 Å². The molecule has 0 unspecified atom stereocenters. The molecule has 1 aliphatic heterocycles. The quantitative estimate of drug-likeness (QED) is 0.722. The second-order valence-corrected chi connectivity index (χ2v) is 6.78. The third-order valence-corrected chi connectivity index (χ3v) is 4.63. The lowest BCUT2D eigenvalue weighted by atomic mass is 9.88. The number of nitrogens with one attached hydrogen (secondary N) is 1. The Kier molecular flexibility index (Phi) is 6.34. The fourth-order valence-corrected chi connectivity index (χ4v) is 3.39. The predicted octanol–water partition coefficient (Wildman–Crippen LogP) is 2.67. The number of carbonyl (C=O) groups excluding carboxylic acids is 3. The molecule has 0 radical (unpaired) electrons. The number of urea groups is 1. The van der Waals surface area contributed by atoms with E-state index in [1.807, 2.05) is 13.8 Å². The van der Waals surface area contributed by atoms with Crippen LogP contribution in [0.2, 0.25) is 0 Å². The van der Waals surface area contributed by atoms with Gasteiger partial charge in [0, 0.05) is 13.6 Å². The Morgan fingerprint density at radius 1 is 1.23 bits per heavy atom. The Morgan fingerprint density at radius 2 is 1.88 bits per heavy atom. The summed E-state index contributed by atoms with van der Waals surface area (Å²) in [6, 6.07) is 5.45. The van der Waals surface area contributed by atoms with Crippen LogP contribution in [0.25, 0.3) is 0 Å². The summed E-state index contributed by atoms with van der Waals surface area (Å²) in [6.07, 6.45) is 2.62. The van der Waals surface area contributed by atoms with Gasteiger partial charge in [-0.25, -0.2) is 9.18 Å². The van der Waals surface area contributed by atoms with Crippen LogP contribution in [0.4, 0.5) is 9.18 Å². The molecule has 2 rings (SSSR count). The van der Waals surface area contributed by atoms with Gasteiger partial charge in [0.15, 0.2) is 0 Å². The van der Waals surface area contributed by atoms with Crippen molar-refractivity contribution in [3.8, 4) is 0 Å². The van der Waals surface area contributed by atoms with Gasteiger partial charge in [-0.3, -0.25) is 14.5 Å². The third kappa shape index (κ3) is 4.20. The molecule has 6 nitrogen and oxygen atoms in total. The van der Waals surface area contributed by atoms with Crippen molar-refractivity contribution in [2.75, 3.05) is 13.6 Å². The number of hydrogen-bond donors (Lipinski definition) is 1. The number of halogens is 1. The molecule has 1 aliphatic rings. The van der Waals surface area contributed by atoms with Crippen LogP contribution in [0, 0.1) is 5.82 Å². The fraction of sp³-hybridized carbons (Fsp3) is 0.526. The molecule has 4 amide bonds. The van der Waals surface area contributed by atoms with Gasteiger partial charge < -0.3 is 10.2 Å². The Hall–Kier alpha value is -2.44. The Labute approximate surface area is 153 Å². The second kappa shape index (κ2) is 8.29. The molecule has 1 fully saturated rings. The molecule has 0 aliphatic carbocycles. The molecule has 1 N–H and O–H groups in total. The summed E-state index contributed by atoms with van der Waals surface area (Å²) in [7, 11) is 1.57. The Balaban J connectivity index is 2.05. The van der Waals surface area contributed by atoms with Gasteiger partial charge in [0.25, 0.3) is 5.91 Å². The monoisotopic (exact) mass is 363 g/mol. The summed E-state index contributed by atoms with van der Waals surface area (Å²) in [6.45, 7) is 3.80. The van der Waals surface area contributed by atoms with E-state index in [0.717, 1.165) is 17.7 Å². The minimum atomic E-state index is -0.901. The molecule has 142 valence electrons. The van der Waals surface area contributed by atoms with Crippen molar-refractivity contribution in [1.29, 1.82) is 0 Å². The van der Waals surface area contributed by atoms with Crippen molar-refractivity contribution in [2.24, 2.45) is 0 Å². The van der Waals surface area contributed by atoms with E-state index < -0.39 is 11.6 Å². The summed E-state index contributed by atoms with van der Waals surface area (Å²) in [5, 5.41) is 2.79. The fourth-order valence-electron chi connectivity index (χ4n) is 3.39. The molecule has 1 saturated heterocycles. The molecular weight excluding hydrogens is 337 g/mol. The zero-order chi connectivity index (χ0) is 19.3. The van der Waals surface area contributed by atoms with Crippen molar-refractivity contribution in [3.05, 3.63) is 35.6 Å². The molecule has 1 aromatic rings. The first-order chi connectivity index (χ1) is 12.3. The predicted molar refractivity (Wildman–Crippen MR) is 95.7 cm³/mol. The zero-order valence-corrected chi connectivity index (χ0v) is 15.5. The highest BCUT2D eigenvalue weighted by Crippen LogP contribution is 2.28. The van der Waals surface area contributed by atoms with Crippen molar-refractivity contribution in [1.82, 2.24) is 15.1 Å². The number of likely N-dealkylation sites (N-methyl/N-ethyl adjacent to an activating group) is 1. The van der Waals surface area contributed by atoms with E-state index >= 15 is 0 Å². The average molecular weight is 363 g/mol. The summed E-state index contributed by atoms with van der Waals surface area (Å²) in [4.78, 5) is 39.9. The van der Waals surface area contributed by atoms with Crippen LogP contribution in [0.3, 0.4) is 0 Å². The molecule has 0 bridgehead atoms. The lowest BCUT2D eigenvalue weighted by Crippen LogP contribution is -2.47. The van der Waals surface area contributed by atoms with Crippen molar-refractivity contribution in [2.45, 2.75) is 51.6 Å². The number of amides is 4. The molecule has 1 heterocycles. The van der Waals surface area contributed by atoms with Crippen LogP contribution in [0.15, 0.2) is 24.3 Å². The first kappa shape index (κ1) is 19.9. The first-order valence-corrected chi connectivity index (χ1v) is 8.95. The summed E-state index contributed by atoms with van der Waals surface area (Å²) in [5.41, 5.74) is -0.258. The number of imide groups is 1. The van der Waals surface area contributed by atoms with Crippen molar-refractivity contribution in [3.63, 3.8) is 0 Å². The highest BCUT2D eigenvalue weighted by Gasteiger charge is 2.50. The van der Waals surface area contributed by atoms with E-state index in [0.29, 0.717) is 18.4 Å². The normalized spacial score (nSPS) is 15.9. The highest BCUT2D eigenvalue weighted by molar-refractivity contribution is 6.09. The molecule has 0 spiro atoms. The Bertz CT molecular complexity index is 686. The number of rotatable bonds is 8. The lowest BCUT2D eigenvalue weighted by molar-refractivity contribution is -0.138. The van der Waals surface area contributed by atoms with E-state index in [4.69, 9.17) is 0 Å². The van der Waals surface area contributed by atoms with E-state index in [1.54, 1.807) is 19.2 Å². The van der Waals surface area contributed by atoms with Gasteiger partial charge in [-0.05, 0) is 30.5 Å². The minimum Gasteiger partial charge on any atom is -0.340 e. The van der Waals surface area contributed by atoms with Crippen LogP contribution in [0.1, 0.15) is 45.1 Å². The molecule has 0 saturated carbocycles. The first-order valence-electron chi connectivity index (χ1n) is 8.95. The highest BCUT2D eigenvalue weighted by atomic mass is 19.1. The van der Waals surface area contributed by atoms with Crippen LogP contribution in [0.5, 0.6) is 0 Å². The van der Waals surface area contributed by atoms with E-state index in [9.17, 15) is 18.8 Å². The maximum atomic E-state index is 13.3. The van der Waals surface area contributed by atoms with Crippen LogP contribution in [-0.2, 0) is 16.1 Å². The summed E-state index contributed by atoms with van der Waals surface area (Å²) in [5.74, 6) is -1.08. The van der Waals surface area contributed by atoms with Gasteiger partial charge in [0.2, 0.25) is 5.91 Å². The smallest absolute Gasteiger partial charge is 0.325 e. The lowest BCUT2D eigenvalue weighted by Gasteiger charge is -2.26.